The lowest BCUT2D eigenvalue weighted by Crippen LogP contribution is -2.29. The average molecular weight is 333 g/mol. The van der Waals surface area contributed by atoms with Gasteiger partial charge in [0, 0.05) is 12.1 Å². The topological polar surface area (TPSA) is 64.6 Å². The molecule has 1 saturated carbocycles. The molecule has 0 bridgehead atoms. The summed E-state index contributed by atoms with van der Waals surface area (Å²) in [6.45, 7) is 4.44. The number of hydrogen-bond donors (Lipinski definition) is 1. The predicted molar refractivity (Wildman–Crippen MR) is 92.9 cm³/mol. The first-order valence-electron chi connectivity index (χ1n) is 8.61. The summed E-state index contributed by atoms with van der Waals surface area (Å²) in [5.74, 6) is 1.52. The van der Waals surface area contributed by atoms with Crippen LogP contribution in [0, 0.1) is 11.8 Å². The third-order valence-electron chi connectivity index (χ3n) is 4.78. The van der Waals surface area contributed by atoms with Crippen LogP contribution in [0.15, 0.2) is 24.3 Å². The summed E-state index contributed by atoms with van der Waals surface area (Å²) in [5.41, 5.74) is 0.685. The standard InChI is InChI=1S/C19H27NO4/c1-13-4-7-17(12-14(13)2)24-19(22)11-10-18(21)20-15-5-8-16(23-3)9-6-15/h5-6,8-9,13-14,17H,4,7,10-12H2,1-3H3,(H,20,21)/t13-,14+,17+/m0/s1. The number of anilines is 1. The number of ether oxygens (including phenoxy) is 2. The van der Waals surface area contributed by atoms with Crippen LogP contribution in [0.5, 0.6) is 5.75 Å². The van der Waals surface area contributed by atoms with Crippen molar-refractivity contribution in [2.45, 2.75) is 52.1 Å². The van der Waals surface area contributed by atoms with Gasteiger partial charge in [-0.3, -0.25) is 9.59 Å². The molecule has 5 nitrogen and oxygen atoms in total. The number of rotatable bonds is 6. The van der Waals surface area contributed by atoms with Crippen molar-refractivity contribution in [1.82, 2.24) is 0 Å². The van der Waals surface area contributed by atoms with Gasteiger partial charge in [-0.2, -0.15) is 0 Å². The van der Waals surface area contributed by atoms with E-state index in [9.17, 15) is 9.59 Å². The maximum atomic E-state index is 11.9. The first-order chi connectivity index (χ1) is 11.5. The maximum absolute atomic E-state index is 11.9. The predicted octanol–water partition coefficient (Wildman–Crippen LogP) is 3.78. The molecule has 2 rings (SSSR count). The molecule has 1 aliphatic carbocycles. The van der Waals surface area contributed by atoms with Crippen LogP contribution in [0.3, 0.4) is 0 Å². The molecule has 1 fully saturated rings. The second-order valence-electron chi connectivity index (χ2n) is 6.66. The fourth-order valence-electron chi connectivity index (χ4n) is 2.96. The first-order valence-corrected chi connectivity index (χ1v) is 8.61. The average Bonchev–Trinajstić information content (AvgIpc) is 2.57. The van der Waals surface area contributed by atoms with Crippen LogP contribution < -0.4 is 10.1 Å². The summed E-state index contributed by atoms with van der Waals surface area (Å²) >= 11 is 0. The normalized spacial score (nSPS) is 23.4. The maximum Gasteiger partial charge on any atom is 0.306 e. The Morgan fingerprint density at radius 3 is 2.42 bits per heavy atom. The number of methoxy groups -OCH3 is 1. The smallest absolute Gasteiger partial charge is 0.306 e. The Labute approximate surface area is 143 Å². The molecular formula is C19H27NO4. The van der Waals surface area contributed by atoms with Crippen LogP contribution >= 0.6 is 0 Å². The van der Waals surface area contributed by atoms with Crippen LogP contribution in [-0.2, 0) is 14.3 Å². The van der Waals surface area contributed by atoms with E-state index in [1.807, 2.05) is 0 Å². The van der Waals surface area contributed by atoms with Crippen molar-refractivity contribution in [3.05, 3.63) is 24.3 Å². The Hall–Kier alpha value is -2.04. The van der Waals surface area contributed by atoms with E-state index in [1.165, 1.54) is 0 Å². The minimum absolute atomic E-state index is 0.00773. The summed E-state index contributed by atoms with van der Waals surface area (Å²) in [6.07, 6.45) is 3.19. The van der Waals surface area contributed by atoms with Crippen molar-refractivity contribution < 1.29 is 19.1 Å². The first kappa shape index (κ1) is 18.3. The van der Waals surface area contributed by atoms with E-state index in [2.05, 4.69) is 19.2 Å². The zero-order valence-electron chi connectivity index (χ0n) is 14.7. The highest BCUT2D eigenvalue weighted by molar-refractivity contribution is 5.92. The monoisotopic (exact) mass is 333 g/mol. The summed E-state index contributed by atoms with van der Waals surface area (Å²) in [4.78, 5) is 23.8. The summed E-state index contributed by atoms with van der Waals surface area (Å²) in [7, 11) is 1.59. The summed E-state index contributed by atoms with van der Waals surface area (Å²) in [5, 5.41) is 2.76. The van der Waals surface area contributed by atoms with Crippen LogP contribution in [0.4, 0.5) is 5.69 Å². The van der Waals surface area contributed by atoms with Gasteiger partial charge in [-0.05, 0) is 55.4 Å². The van der Waals surface area contributed by atoms with Gasteiger partial charge in [0.15, 0.2) is 0 Å². The second kappa shape index (κ2) is 8.71. The van der Waals surface area contributed by atoms with Crippen LogP contribution in [0.2, 0.25) is 0 Å². The largest absolute Gasteiger partial charge is 0.497 e. The molecule has 0 aliphatic heterocycles. The molecule has 0 unspecified atom stereocenters. The van der Waals surface area contributed by atoms with E-state index in [0.717, 1.165) is 25.0 Å². The molecule has 1 amide bonds. The molecule has 0 heterocycles. The second-order valence-corrected chi connectivity index (χ2v) is 6.66. The van der Waals surface area contributed by atoms with Crippen molar-refractivity contribution in [3.63, 3.8) is 0 Å². The zero-order chi connectivity index (χ0) is 17.5. The van der Waals surface area contributed by atoms with Crippen LogP contribution in [0.1, 0.15) is 46.0 Å². The molecule has 132 valence electrons. The van der Waals surface area contributed by atoms with Crippen molar-refractivity contribution in [1.29, 1.82) is 0 Å². The number of carbonyl (C=O) groups excluding carboxylic acids is 2. The third kappa shape index (κ3) is 5.55. The Kier molecular flexibility index (Phi) is 6.64. The van der Waals surface area contributed by atoms with Gasteiger partial charge in [0.25, 0.3) is 0 Å². The summed E-state index contributed by atoms with van der Waals surface area (Å²) < 4.78 is 10.6. The lowest BCUT2D eigenvalue weighted by molar-refractivity contribution is -0.152. The SMILES string of the molecule is COc1ccc(NC(=O)CCC(=O)O[C@@H]2CC[C@H](C)[C@H](C)C2)cc1. The number of amides is 1. The minimum atomic E-state index is -0.286. The lowest BCUT2D eigenvalue weighted by Gasteiger charge is -2.31. The van der Waals surface area contributed by atoms with Crippen molar-refractivity contribution in [2.24, 2.45) is 11.8 Å². The number of carbonyl (C=O) groups is 2. The fraction of sp³-hybridized carbons (Fsp3) is 0.579. The van der Waals surface area contributed by atoms with E-state index in [0.29, 0.717) is 17.5 Å². The van der Waals surface area contributed by atoms with Crippen molar-refractivity contribution in [2.75, 3.05) is 12.4 Å². The molecule has 1 aromatic carbocycles. The molecule has 1 aliphatic rings. The van der Waals surface area contributed by atoms with Gasteiger partial charge >= 0.3 is 5.97 Å². The Balaban J connectivity index is 1.70. The molecule has 0 radical (unpaired) electrons. The van der Waals surface area contributed by atoms with Crippen LogP contribution in [-0.4, -0.2) is 25.1 Å². The molecular weight excluding hydrogens is 306 g/mol. The Morgan fingerprint density at radius 2 is 1.79 bits per heavy atom. The van der Waals surface area contributed by atoms with E-state index in [4.69, 9.17) is 9.47 Å². The van der Waals surface area contributed by atoms with Crippen LogP contribution in [0.25, 0.3) is 0 Å². The molecule has 5 heteroatoms. The Morgan fingerprint density at radius 1 is 1.08 bits per heavy atom. The summed E-state index contributed by atoms with van der Waals surface area (Å²) in [6, 6.07) is 7.07. The van der Waals surface area contributed by atoms with Crippen molar-refractivity contribution in [3.8, 4) is 5.75 Å². The Bertz CT molecular complexity index is 555. The molecule has 1 aromatic rings. The van der Waals surface area contributed by atoms with Gasteiger partial charge in [-0.1, -0.05) is 13.8 Å². The highest BCUT2D eigenvalue weighted by Crippen LogP contribution is 2.31. The highest BCUT2D eigenvalue weighted by Gasteiger charge is 2.27. The van der Waals surface area contributed by atoms with Gasteiger partial charge in [0.05, 0.1) is 13.5 Å². The molecule has 0 spiro atoms. The van der Waals surface area contributed by atoms with Gasteiger partial charge < -0.3 is 14.8 Å². The number of hydrogen-bond acceptors (Lipinski definition) is 4. The molecule has 0 saturated heterocycles. The van der Waals surface area contributed by atoms with E-state index < -0.39 is 0 Å². The minimum Gasteiger partial charge on any atom is -0.497 e. The van der Waals surface area contributed by atoms with Gasteiger partial charge in [-0.15, -0.1) is 0 Å². The van der Waals surface area contributed by atoms with Gasteiger partial charge in [0.2, 0.25) is 5.91 Å². The number of nitrogens with one attached hydrogen (secondary N) is 1. The van der Waals surface area contributed by atoms with E-state index in [-0.39, 0.29) is 30.8 Å². The molecule has 24 heavy (non-hydrogen) atoms. The fourth-order valence-corrected chi connectivity index (χ4v) is 2.96. The van der Waals surface area contributed by atoms with Crippen molar-refractivity contribution >= 4 is 17.6 Å². The molecule has 1 N–H and O–H groups in total. The third-order valence-corrected chi connectivity index (χ3v) is 4.78. The molecule has 3 atom stereocenters. The molecule has 0 aromatic heterocycles. The number of esters is 1. The number of benzene rings is 1. The van der Waals surface area contributed by atoms with Gasteiger partial charge in [-0.25, -0.2) is 0 Å². The van der Waals surface area contributed by atoms with E-state index in [1.54, 1.807) is 31.4 Å². The highest BCUT2D eigenvalue weighted by atomic mass is 16.5. The van der Waals surface area contributed by atoms with Gasteiger partial charge in [0.1, 0.15) is 11.9 Å². The zero-order valence-corrected chi connectivity index (χ0v) is 14.7. The van der Waals surface area contributed by atoms with E-state index >= 15 is 0 Å². The quantitative estimate of drug-likeness (QED) is 0.805. The lowest BCUT2D eigenvalue weighted by atomic mass is 9.80.